The van der Waals surface area contributed by atoms with Crippen LogP contribution in [-0.4, -0.2) is 20.5 Å². The molecule has 0 saturated carbocycles. The van der Waals surface area contributed by atoms with Crippen LogP contribution in [0.25, 0.3) is 0 Å². The van der Waals surface area contributed by atoms with Crippen LogP contribution in [0.2, 0.25) is 0 Å². The summed E-state index contributed by atoms with van der Waals surface area (Å²) in [5, 5.41) is 6.19. The molecule has 0 bridgehead atoms. The maximum atomic E-state index is 13.2. The van der Waals surface area contributed by atoms with Gasteiger partial charge in [-0.25, -0.2) is 0 Å². The fourth-order valence-corrected chi connectivity index (χ4v) is 3.73. The average molecular weight is 405 g/mol. The van der Waals surface area contributed by atoms with Gasteiger partial charge in [-0.3, -0.25) is 4.79 Å². The molecule has 0 fully saturated rings. The Bertz CT molecular complexity index is 979. The van der Waals surface area contributed by atoms with Crippen molar-refractivity contribution in [2.45, 2.75) is 30.4 Å². The average Bonchev–Trinajstić information content (AvgIpc) is 3.01. The molecule has 0 N–H and O–H groups in total. The minimum absolute atomic E-state index is 0.0263. The zero-order chi connectivity index (χ0) is 20.5. The van der Waals surface area contributed by atoms with Crippen LogP contribution in [0.4, 0.5) is 13.2 Å². The van der Waals surface area contributed by atoms with Gasteiger partial charge in [0.2, 0.25) is 5.82 Å². The first-order valence-corrected chi connectivity index (χ1v) is 9.35. The van der Waals surface area contributed by atoms with E-state index in [1.165, 1.54) is 7.05 Å². The van der Waals surface area contributed by atoms with Crippen molar-refractivity contribution in [3.63, 3.8) is 0 Å². The van der Waals surface area contributed by atoms with Crippen LogP contribution in [0, 0.1) is 13.8 Å². The van der Waals surface area contributed by atoms with Crippen LogP contribution in [0.3, 0.4) is 0 Å². The zero-order valence-corrected chi connectivity index (χ0v) is 16.3. The molecule has 146 valence electrons. The van der Waals surface area contributed by atoms with E-state index in [0.717, 1.165) is 27.5 Å². The summed E-state index contributed by atoms with van der Waals surface area (Å²) >= 11 is 0.958. The Labute approximate surface area is 164 Å². The lowest BCUT2D eigenvalue weighted by Crippen LogP contribution is -2.14. The fraction of sp³-hybridized carbons (Fsp3) is 0.250. The van der Waals surface area contributed by atoms with Crippen LogP contribution in [0.1, 0.15) is 38.1 Å². The van der Waals surface area contributed by atoms with Crippen LogP contribution in [0.5, 0.6) is 0 Å². The molecule has 3 rings (SSSR count). The van der Waals surface area contributed by atoms with Crippen molar-refractivity contribution in [2.75, 3.05) is 0 Å². The maximum absolute atomic E-state index is 13.2. The molecule has 0 saturated heterocycles. The van der Waals surface area contributed by atoms with Gasteiger partial charge in [0.1, 0.15) is 5.25 Å². The van der Waals surface area contributed by atoms with Gasteiger partial charge in [0, 0.05) is 12.6 Å². The summed E-state index contributed by atoms with van der Waals surface area (Å²) in [7, 11) is 1.24. The normalized spacial score (nSPS) is 12.8. The van der Waals surface area contributed by atoms with E-state index < -0.39 is 17.3 Å². The van der Waals surface area contributed by atoms with Crippen molar-refractivity contribution >= 4 is 17.5 Å². The zero-order valence-electron chi connectivity index (χ0n) is 15.5. The smallest absolute Gasteiger partial charge is 0.302 e. The highest BCUT2D eigenvalue weighted by Gasteiger charge is 2.38. The fourth-order valence-electron chi connectivity index (χ4n) is 2.65. The minimum atomic E-state index is -4.61. The second-order valence-corrected chi connectivity index (χ2v) is 7.57. The van der Waals surface area contributed by atoms with Crippen LogP contribution in [-0.2, 0) is 13.2 Å². The molecule has 28 heavy (non-hydrogen) atoms. The number of thioether (sulfide) groups is 1. The number of hydrogen-bond donors (Lipinski definition) is 0. The van der Waals surface area contributed by atoms with Gasteiger partial charge in [-0.2, -0.15) is 13.2 Å². The first-order chi connectivity index (χ1) is 13.2. The van der Waals surface area contributed by atoms with Crippen LogP contribution in [0.15, 0.2) is 53.7 Å². The Kier molecular flexibility index (Phi) is 5.60. The summed E-state index contributed by atoms with van der Waals surface area (Å²) in [6, 6.07) is 14.4. The summed E-state index contributed by atoms with van der Waals surface area (Å²) in [5.74, 6) is -1.30. The Morgan fingerprint density at radius 2 is 1.50 bits per heavy atom. The molecule has 1 aromatic heterocycles. The molecule has 2 aromatic carbocycles. The first-order valence-electron chi connectivity index (χ1n) is 8.47. The Morgan fingerprint density at radius 1 is 0.964 bits per heavy atom. The number of aromatic nitrogens is 3. The lowest BCUT2D eigenvalue weighted by Gasteiger charge is -2.16. The molecule has 1 heterocycles. The van der Waals surface area contributed by atoms with Crippen LogP contribution >= 0.6 is 11.8 Å². The number of carbonyl (C=O) groups is 1. The molecule has 1 atom stereocenters. The predicted molar refractivity (Wildman–Crippen MR) is 101 cm³/mol. The van der Waals surface area contributed by atoms with Gasteiger partial charge < -0.3 is 4.57 Å². The number of carbonyl (C=O) groups excluding carboxylic acids is 1. The molecule has 3 aromatic rings. The van der Waals surface area contributed by atoms with Gasteiger partial charge in [0.05, 0.1) is 0 Å². The molecule has 0 aliphatic heterocycles. The second-order valence-electron chi connectivity index (χ2n) is 6.50. The van der Waals surface area contributed by atoms with Gasteiger partial charge in [0.15, 0.2) is 10.9 Å². The predicted octanol–water partition coefficient (Wildman–Crippen LogP) is 5.17. The third-order valence-corrected chi connectivity index (χ3v) is 5.55. The maximum Gasteiger partial charge on any atom is 0.451 e. The largest absolute Gasteiger partial charge is 0.451 e. The first kappa shape index (κ1) is 20.1. The molecular weight excluding hydrogens is 387 g/mol. The molecule has 0 amide bonds. The summed E-state index contributed by atoms with van der Waals surface area (Å²) in [6.07, 6.45) is -4.61. The van der Waals surface area contributed by atoms with Crippen molar-refractivity contribution in [3.05, 3.63) is 76.6 Å². The minimum Gasteiger partial charge on any atom is -0.302 e. The number of Topliss-reactive ketones (excluding diaryl/α,β-unsaturated/α-hetero) is 1. The molecule has 0 radical (unpaired) electrons. The third kappa shape index (κ3) is 4.27. The molecule has 0 aliphatic carbocycles. The summed E-state index contributed by atoms with van der Waals surface area (Å²) in [4.78, 5) is 13.2. The van der Waals surface area contributed by atoms with E-state index >= 15 is 0 Å². The van der Waals surface area contributed by atoms with Gasteiger partial charge in [-0.05, 0) is 19.4 Å². The van der Waals surface area contributed by atoms with Crippen molar-refractivity contribution in [3.8, 4) is 0 Å². The van der Waals surface area contributed by atoms with E-state index in [-0.39, 0.29) is 10.9 Å². The van der Waals surface area contributed by atoms with E-state index in [9.17, 15) is 18.0 Å². The Hall–Kier alpha value is -2.61. The Morgan fingerprint density at radius 3 is 2.00 bits per heavy atom. The number of ketones is 1. The highest BCUT2D eigenvalue weighted by molar-refractivity contribution is 8.00. The lowest BCUT2D eigenvalue weighted by molar-refractivity contribution is -0.147. The Balaban J connectivity index is 2.00. The van der Waals surface area contributed by atoms with E-state index in [1.54, 1.807) is 24.3 Å². The quantitative estimate of drug-likeness (QED) is 0.434. The van der Waals surface area contributed by atoms with Gasteiger partial charge in [0.25, 0.3) is 0 Å². The lowest BCUT2D eigenvalue weighted by atomic mass is 10.0. The number of rotatable bonds is 5. The second kappa shape index (κ2) is 7.79. The number of halogens is 3. The van der Waals surface area contributed by atoms with Crippen molar-refractivity contribution in [2.24, 2.45) is 7.05 Å². The van der Waals surface area contributed by atoms with Crippen molar-refractivity contribution in [1.29, 1.82) is 0 Å². The number of benzene rings is 2. The highest BCUT2D eigenvalue weighted by atomic mass is 32.2. The molecule has 0 aliphatic rings. The SMILES string of the molecule is Cc1ccc(C(=O)C(Sc2nnc(C(F)(F)F)n2C)c2ccc(C)cc2)cc1. The van der Waals surface area contributed by atoms with Crippen molar-refractivity contribution < 1.29 is 18.0 Å². The van der Waals surface area contributed by atoms with E-state index in [1.807, 2.05) is 38.1 Å². The number of hydrogen-bond acceptors (Lipinski definition) is 4. The van der Waals surface area contributed by atoms with Gasteiger partial charge >= 0.3 is 6.18 Å². The number of aryl methyl sites for hydroxylation is 2. The van der Waals surface area contributed by atoms with E-state index in [2.05, 4.69) is 10.2 Å². The van der Waals surface area contributed by atoms with Gasteiger partial charge in [-0.15, -0.1) is 10.2 Å². The monoisotopic (exact) mass is 405 g/mol. The molecule has 0 spiro atoms. The van der Waals surface area contributed by atoms with E-state index in [4.69, 9.17) is 0 Å². The van der Waals surface area contributed by atoms with Gasteiger partial charge in [-0.1, -0.05) is 71.4 Å². The highest BCUT2D eigenvalue weighted by Crippen LogP contribution is 2.38. The van der Waals surface area contributed by atoms with Crippen LogP contribution < -0.4 is 0 Å². The molecular formula is C20H18F3N3OS. The standard InChI is InChI=1S/C20H18F3N3OS/c1-12-4-8-14(9-5-12)16(27)17(15-10-6-13(2)7-11-15)28-19-25-24-18(26(19)3)20(21,22)23/h4-11,17H,1-3H3. The summed E-state index contributed by atoms with van der Waals surface area (Å²) in [6.45, 7) is 3.84. The number of nitrogens with zero attached hydrogens (tertiary/aromatic N) is 3. The summed E-state index contributed by atoms with van der Waals surface area (Å²) < 4.78 is 40.0. The van der Waals surface area contributed by atoms with E-state index in [0.29, 0.717) is 11.1 Å². The molecule has 8 heteroatoms. The number of alkyl halides is 3. The third-order valence-electron chi connectivity index (χ3n) is 4.27. The molecule has 4 nitrogen and oxygen atoms in total. The summed E-state index contributed by atoms with van der Waals surface area (Å²) in [5.41, 5.74) is 3.21. The van der Waals surface area contributed by atoms with Crippen molar-refractivity contribution in [1.82, 2.24) is 14.8 Å². The molecule has 1 unspecified atom stereocenters. The topological polar surface area (TPSA) is 47.8 Å².